The number of halogens is 1. The molecule has 1 radical (unpaired) electrons. The summed E-state index contributed by atoms with van der Waals surface area (Å²) in [6.45, 7) is 0.0115. The third kappa shape index (κ3) is 2.14. The van der Waals surface area contributed by atoms with Crippen molar-refractivity contribution in [3.63, 3.8) is 0 Å². The SMILES string of the molecule is N#CCOc1c[c]ccc1Cl. The van der Waals surface area contributed by atoms with Gasteiger partial charge < -0.3 is 4.74 Å². The van der Waals surface area contributed by atoms with Crippen molar-refractivity contribution in [2.24, 2.45) is 0 Å². The molecule has 0 saturated heterocycles. The lowest BCUT2D eigenvalue weighted by Gasteiger charge is -2.01. The number of rotatable bonds is 2. The number of nitrogens with zero attached hydrogens (tertiary/aromatic N) is 1. The highest BCUT2D eigenvalue weighted by atomic mass is 35.5. The first-order chi connectivity index (χ1) is 5.34. The molecule has 1 aromatic rings. The summed E-state index contributed by atoms with van der Waals surface area (Å²) in [4.78, 5) is 0. The fourth-order valence-corrected chi connectivity index (χ4v) is 0.789. The summed E-state index contributed by atoms with van der Waals surface area (Å²) in [5.74, 6) is 0.496. The van der Waals surface area contributed by atoms with E-state index in [1.807, 2.05) is 6.07 Å². The maximum Gasteiger partial charge on any atom is 0.174 e. The van der Waals surface area contributed by atoms with Crippen LogP contribution < -0.4 is 4.74 Å². The zero-order valence-corrected chi connectivity index (χ0v) is 6.43. The van der Waals surface area contributed by atoms with Crippen molar-refractivity contribution in [3.8, 4) is 11.8 Å². The van der Waals surface area contributed by atoms with E-state index in [-0.39, 0.29) is 6.61 Å². The zero-order chi connectivity index (χ0) is 8.10. The van der Waals surface area contributed by atoms with Gasteiger partial charge in [-0.2, -0.15) is 5.26 Å². The number of benzene rings is 1. The molecule has 0 fully saturated rings. The fraction of sp³-hybridized carbons (Fsp3) is 0.125. The Morgan fingerprint density at radius 2 is 2.55 bits per heavy atom. The minimum absolute atomic E-state index is 0.0115. The first-order valence-corrected chi connectivity index (χ1v) is 3.37. The van der Waals surface area contributed by atoms with Crippen LogP contribution >= 0.6 is 11.6 Å². The maximum atomic E-state index is 8.19. The van der Waals surface area contributed by atoms with Crippen LogP contribution in [-0.2, 0) is 0 Å². The number of hydrogen-bond acceptors (Lipinski definition) is 2. The molecule has 0 aliphatic rings. The van der Waals surface area contributed by atoms with E-state index >= 15 is 0 Å². The minimum atomic E-state index is 0.0115. The van der Waals surface area contributed by atoms with Crippen molar-refractivity contribution in [3.05, 3.63) is 29.3 Å². The molecule has 0 saturated carbocycles. The monoisotopic (exact) mass is 166 g/mol. The summed E-state index contributed by atoms with van der Waals surface area (Å²) in [7, 11) is 0. The van der Waals surface area contributed by atoms with Gasteiger partial charge >= 0.3 is 0 Å². The first-order valence-electron chi connectivity index (χ1n) is 3.00. The molecule has 0 unspecified atom stereocenters. The molecule has 1 aromatic carbocycles. The highest BCUT2D eigenvalue weighted by Gasteiger charge is 1.97. The van der Waals surface area contributed by atoms with E-state index in [4.69, 9.17) is 21.6 Å². The Labute approximate surface area is 70.0 Å². The molecule has 55 valence electrons. The van der Waals surface area contributed by atoms with E-state index in [2.05, 4.69) is 6.07 Å². The summed E-state index contributed by atoms with van der Waals surface area (Å²) in [6.07, 6.45) is 0. The van der Waals surface area contributed by atoms with Crippen LogP contribution in [-0.4, -0.2) is 6.61 Å². The lowest BCUT2D eigenvalue weighted by molar-refractivity contribution is 0.368. The normalized spacial score (nSPS) is 8.73. The molecule has 11 heavy (non-hydrogen) atoms. The van der Waals surface area contributed by atoms with E-state index in [0.29, 0.717) is 10.8 Å². The van der Waals surface area contributed by atoms with E-state index < -0.39 is 0 Å². The highest BCUT2D eigenvalue weighted by molar-refractivity contribution is 6.32. The average molecular weight is 167 g/mol. The van der Waals surface area contributed by atoms with Gasteiger partial charge in [0.15, 0.2) is 6.61 Å². The van der Waals surface area contributed by atoms with Crippen molar-refractivity contribution in [1.82, 2.24) is 0 Å². The van der Waals surface area contributed by atoms with E-state index in [1.165, 1.54) is 0 Å². The summed E-state index contributed by atoms with van der Waals surface area (Å²) < 4.78 is 4.96. The lowest BCUT2D eigenvalue weighted by atomic mass is 10.3. The topological polar surface area (TPSA) is 33.0 Å². The van der Waals surface area contributed by atoms with Crippen molar-refractivity contribution in [1.29, 1.82) is 5.26 Å². The summed E-state index contributed by atoms with van der Waals surface area (Å²) in [6, 6.07) is 9.58. The number of nitriles is 1. The Hall–Kier alpha value is -1.20. The second kappa shape index (κ2) is 3.85. The molecule has 0 atom stereocenters. The van der Waals surface area contributed by atoms with E-state index in [9.17, 15) is 0 Å². The molecule has 3 heteroatoms. The van der Waals surface area contributed by atoms with E-state index in [1.54, 1.807) is 18.2 Å². The summed E-state index contributed by atoms with van der Waals surface area (Å²) in [5, 5.41) is 8.69. The van der Waals surface area contributed by atoms with Gasteiger partial charge in [-0.05, 0) is 18.2 Å². The van der Waals surface area contributed by atoms with Gasteiger partial charge in [-0.25, -0.2) is 0 Å². The molecular formula is C8H5ClNO. The number of ether oxygens (including phenoxy) is 1. The van der Waals surface area contributed by atoms with Crippen molar-refractivity contribution >= 4 is 11.6 Å². The fourth-order valence-electron chi connectivity index (χ4n) is 0.617. The predicted molar refractivity (Wildman–Crippen MR) is 41.4 cm³/mol. The smallest absolute Gasteiger partial charge is 0.174 e. The minimum Gasteiger partial charge on any atom is -0.477 e. The van der Waals surface area contributed by atoms with Gasteiger partial charge in [-0.1, -0.05) is 17.7 Å². The van der Waals surface area contributed by atoms with Gasteiger partial charge in [0.25, 0.3) is 0 Å². The number of hydrogen-bond donors (Lipinski definition) is 0. The van der Waals surface area contributed by atoms with Crippen LogP contribution in [0.5, 0.6) is 5.75 Å². The molecular weight excluding hydrogens is 162 g/mol. The van der Waals surface area contributed by atoms with Gasteiger partial charge in [0, 0.05) is 0 Å². The predicted octanol–water partition coefficient (Wildman–Crippen LogP) is 2.04. The Balaban J connectivity index is 2.71. The Bertz CT molecular complexity index is 280. The van der Waals surface area contributed by atoms with Gasteiger partial charge in [-0.3, -0.25) is 0 Å². The lowest BCUT2D eigenvalue weighted by Crippen LogP contribution is -1.93. The molecule has 1 rings (SSSR count). The zero-order valence-electron chi connectivity index (χ0n) is 5.67. The largest absolute Gasteiger partial charge is 0.477 e. The molecule has 0 aliphatic heterocycles. The second-order valence-electron chi connectivity index (χ2n) is 1.80. The van der Waals surface area contributed by atoms with Crippen LogP contribution in [0.2, 0.25) is 5.02 Å². The molecule has 0 aromatic heterocycles. The summed E-state index contributed by atoms with van der Waals surface area (Å²) >= 11 is 5.71. The Morgan fingerprint density at radius 3 is 3.18 bits per heavy atom. The van der Waals surface area contributed by atoms with Crippen LogP contribution in [0.25, 0.3) is 0 Å². The van der Waals surface area contributed by atoms with E-state index in [0.717, 1.165) is 0 Å². The molecule has 0 bridgehead atoms. The third-order valence-electron chi connectivity index (χ3n) is 1.07. The van der Waals surface area contributed by atoms with Crippen molar-refractivity contribution in [2.45, 2.75) is 0 Å². The standard InChI is InChI=1S/C8H5ClNO/c9-7-3-1-2-4-8(7)11-6-5-10/h1,3-4H,6H2. The van der Waals surface area contributed by atoms with Gasteiger partial charge in [0.05, 0.1) is 5.02 Å². The van der Waals surface area contributed by atoms with Crippen LogP contribution in [0.3, 0.4) is 0 Å². The molecule has 0 heterocycles. The van der Waals surface area contributed by atoms with Gasteiger partial charge in [-0.15, -0.1) is 0 Å². The van der Waals surface area contributed by atoms with Crippen LogP contribution in [0.4, 0.5) is 0 Å². The molecule has 0 aliphatic carbocycles. The Morgan fingerprint density at radius 1 is 1.73 bits per heavy atom. The quantitative estimate of drug-likeness (QED) is 0.674. The molecule has 0 spiro atoms. The maximum absolute atomic E-state index is 8.19. The third-order valence-corrected chi connectivity index (χ3v) is 1.38. The summed E-state index contributed by atoms with van der Waals surface area (Å²) in [5.41, 5.74) is 0. The first kappa shape index (κ1) is 7.90. The molecule has 2 nitrogen and oxygen atoms in total. The van der Waals surface area contributed by atoms with Crippen LogP contribution in [0, 0.1) is 17.4 Å². The van der Waals surface area contributed by atoms with Crippen LogP contribution in [0.15, 0.2) is 18.2 Å². The molecule has 0 N–H and O–H groups in total. The van der Waals surface area contributed by atoms with Gasteiger partial charge in [0.1, 0.15) is 11.8 Å². The average Bonchev–Trinajstić information content (AvgIpc) is 2.03. The highest BCUT2D eigenvalue weighted by Crippen LogP contribution is 2.22. The van der Waals surface area contributed by atoms with Crippen molar-refractivity contribution < 1.29 is 4.74 Å². The van der Waals surface area contributed by atoms with Crippen molar-refractivity contribution in [2.75, 3.05) is 6.61 Å². The second-order valence-corrected chi connectivity index (χ2v) is 2.21. The van der Waals surface area contributed by atoms with Gasteiger partial charge in [0.2, 0.25) is 0 Å². The van der Waals surface area contributed by atoms with Crippen LogP contribution in [0.1, 0.15) is 0 Å². The molecule has 0 amide bonds. The Kier molecular flexibility index (Phi) is 2.76.